The molecular weight excluding hydrogens is 283 g/mol. The van der Waals surface area contributed by atoms with Crippen LogP contribution in [0, 0.1) is 0 Å². The van der Waals surface area contributed by atoms with Gasteiger partial charge in [0.15, 0.2) is 0 Å². The number of benzene rings is 1. The summed E-state index contributed by atoms with van der Waals surface area (Å²) in [6.07, 6.45) is -3.02. The van der Waals surface area contributed by atoms with Crippen molar-refractivity contribution in [2.75, 3.05) is 18.4 Å². The zero-order valence-electron chi connectivity index (χ0n) is 11.7. The van der Waals surface area contributed by atoms with Crippen LogP contribution in [0.4, 0.5) is 23.7 Å². The molecule has 1 aromatic rings. The number of piperidine rings is 1. The Balaban J connectivity index is 2.06. The Hall–Kier alpha value is -1.76. The van der Waals surface area contributed by atoms with E-state index in [4.69, 9.17) is 0 Å². The Morgan fingerprint density at radius 1 is 1.24 bits per heavy atom. The lowest BCUT2D eigenvalue weighted by molar-refractivity contribution is -0.136. The topological polar surface area (TPSA) is 53.2 Å². The van der Waals surface area contributed by atoms with Crippen LogP contribution < -0.4 is 16.0 Å². The molecule has 21 heavy (non-hydrogen) atoms. The number of rotatable bonds is 2. The predicted octanol–water partition coefficient (Wildman–Crippen LogP) is 2.97. The van der Waals surface area contributed by atoms with E-state index in [0.717, 1.165) is 32.0 Å². The molecule has 2 amide bonds. The number of hydrogen-bond donors (Lipinski definition) is 3. The molecule has 0 aliphatic carbocycles. The number of anilines is 1. The largest absolute Gasteiger partial charge is 0.418 e. The Morgan fingerprint density at radius 3 is 2.48 bits per heavy atom. The van der Waals surface area contributed by atoms with Gasteiger partial charge in [0.1, 0.15) is 0 Å². The van der Waals surface area contributed by atoms with Crippen molar-refractivity contribution in [2.45, 2.75) is 31.5 Å². The maximum atomic E-state index is 12.9. The van der Waals surface area contributed by atoms with Crippen LogP contribution in [-0.2, 0) is 6.18 Å². The van der Waals surface area contributed by atoms with Gasteiger partial charge >= 0.3 is 12.2 Å². The number of para-hydroxylation sites is 1. The summed E-state index contributed by atoms with van der Waals surface area (Å²) in [5, 5.41) is 8.24. The molecule has 0 radical (unpaired) electrons. The molecular formula is C14H18F3N3O. The summed E-state index contributed by atoms with van der Waals surface area (Å²) in [4.78, 5) is 12.0. The van der Waals surface area contributed by atoms with Crippen molar-refractivity contribution in [3.63, 3.8) is 0 Å². The monoisotopic (exact) mass is 301 g/mol. The molecule has 1 aliphatic heterocycles. The average molecular weight is 301 g/mol. The SMILES string of the molecule is CC1(NC(=O)Nc2ccccc2C(F)(F)F)CCNCC1. The van der Waals surface area contributed by atoms with Crippen LogP contribution in [0.3, 0.4) is 0 Å². The van der Waals surface area contributed by atoms with Crippen molar-refractivity contribution in [2.24, 2.45) is 0 Å². The van der Waals surface area contributed by atoms with Crippen LogP contribution in [0.5, 0.6) is 0 Å². The third-order valence-corrected chi connectivity index (χ3v) is 3.60. The van der Waals surface area contributed by atoms with Crippen molar-refractivity contribution in [3.05, 3.63) is 29.8 Å². The number of urea groups is 1. The van der Waals surface area contributed by atoms with Gasteiger partial charge in [0, 0.05) is 5.54 Å². The maximum Gasteiger partial charge on any atom is 0.418 e. The first kappa shape index (κ1) is 15.6. The van der Waals surface area contributed by atoms with Gasteiger partial charge in [-0.25, -0.2) is 4.79 Å². The highest BCUT2D eigenvalue weighted by Gasteiger charge is 2.34. The summed E-state index contributed by atoms with van der Waals surface area (Å²) < 4.78 is 38.6. The second kappa shape index (κ2) is 5.93. The summed E-state index contributed by atoms with van der Waals surface area (Å²) in [6.45, 7) is 3.44. The molecule has 0 atom stereocenters. The fraction of sp³-hybridized carbons (Fsp3) is 0.500. The smallest absolute Gasteiger partial charge is 0.333 e. The minimum Gasteiger partial charge on any atom is -0.333 e. The molecule has 1 fully saturated rings. The van der Waals surface area contributed by atoms with Gasteiger partial charge in [0.25, 0.3) is 0 Å². The molecule has 0 aromatic heterocycles. The first-order chi connectivity index (χ1) is 9.80. The highest BCUT2D eigenvalue weighted by atomic mass is 19.4. The molecule has 1 saturated heterocycles. The van der Waals surface area contributed by atoms with E-state index in [1.165, 1.54) is 18.2 Å². The minimum atomic E-state index is -4.50. The highest BCUT2D eigenvalue weighted by molar-refractivity contribution is 5.90. The molecule has 116 valence electrons. The Bertz CT molecular complexity index is 510. The summed E-state index contributed by atoms with van der Waals surface area (Å²) in [7, 11) is 0. The summed E-state index contributed by atoms with van der Waals surface area (Å²) in [5.41, 5.74) is -1.49. The van der Waals surface area contributed by atoms with E-state index in [9.17, 15) is 18.0 Å². The Kier molecular flexibility index (Phi) is 4.41. The van der Waals surface area contributed by atoms with Gasteiger partial charge in [-0.1, -0.05) is 12.1 Å². The number of hydrogen-bond acceptors (Lipinski definition) is 2. The van der Waals surface area contributed by atoms with Crippen LogP contribution in [-0.4, -0.2) is 24.7 Å². The highest BCUT2D eigenvalue weighted by Crippen LogP contribution is 2.34. The molecule has 2 rings (SSSR count). The summed E-state index contributed by atoms with van der Waals surface area (Å²) >= 11 is 0. The Labute approximate surface area is 121 Å². The molecule has 1 heterocycles. The number of alkyl halides is 3. The quantitative estimate of drug-likeness (QED) is 0.786. The molecule has 1 aliphatic rings. The van der Waals surface area contributed by atoms with Gasteiger partial charge in [0.05, 0.1) is 11.3 Å². The molecule has 3 N–H and O–H groups in total. The predicted molar refractivity (Wildman–Crippen MR) is 74.1 cm³/mol. The summed E-state index contributed by atoms with van der Waals surface area (Å²) in [6, 6.07) is 4.32. The van der Waals surface area contributed by atoms with E-state index in [2.05, 4.69) is 16.0 Å². The lowest BCUT2D eigenvalue weighted by atomic mass is 9.91. The van der Waals surface area contributed by atoms with Crippen LogP contribution in [0.25, 0.3) is 0 Å². The minimum absolute atomic E-state index is 0.236. The Morgan fingerprint density at radius 2 is 1.86 bits per heavy atom. The van der Waals surface area contributed by atoms with Gasteiger partial charge in [0.2, 0.25) is 0 Å². The van der Waals surface area contributed by atoms with Crippen LogP contribution in [0.1, 0.15) is 25.3 Å². The third kappa shape index (κ3) is 4.10. The van der Waals surface area contributed by atoms with Gasteiger partial charge < -0.3 is 16.0 Å². The fourth-order valence-electron chi connectivity index (χ4n) is 2.37. The van der Waals surface area contributed by atoms with Crippen molar-refractivity contribution < 1.29 is 18.0 Å². The zero-order chi connectivity index (χ0) is 15.5. The number of carbonyl (C=O) groups is 1. The molecule has 0 unspecified atom stereocenters. The third-order valence-electron chi connectivity index (χ3n) is 3.60. The molecule has 7 heteroatoms. The van der Waals surface area contributed by atoms with E-state index in [1.807, 2.05) is 6.92 Å². The second-order valence-corrected chi connectivity index (χ2v) is 5.43. The van der Waals surface area contributed by atoms with Crippen molar-refractivity contribution in [3.8, 4) is 0 Å². The molecule has 1 aromatic carbocycles. The lowest BCUT2D eigenvalue weighted by Gasteiger charge is -2.35. The van der Waals surface area contributed by atoms with Crippen LogP contribution >= 0.6 is 0 Å². The van der Waals surface area contributed by atoms with E-state index >= 15 is 0 Å². The average Bonchev–Trinajstić information content (AvgIpc) is 2.38. The standard InChI is InChI=1S/C14H18F3N3O/c1-13(6-8-18-9-7-13)20-12(21)19-11-5-3-2-4-10(11)14(15,16)17/h2-5,18H,6-9H2,1H3,(H2,19,20,21). The number of carbonyl (C=O) groups excluding carboxylic acids is 1. The van der Waals surface area contributed by atoms with Crippen molar-refractivity contribution >= 4 is 11.7 Å². The van der Waals surface area contributed by atoms with Crippen molar-refractivity contribution in [1.29, 1.82) is 0 Å². The number of halogens is 3. The maximum absolute atomic E-state index is 12.9. The molecule has 0 bridgehead atoms. The molecule has 4 nitrogen and oxygen atoms in total. The van der Waals surface area contributed by atoms with Crippen LogP contribution in [0.15, 0.2) is 24.3 Å². The second-order valence-electron chi connectivity index (χ2n) is 5.43. The van der Waals surface area contributed by atoms with E-state index in [-0.39, 0.29) is 5.69 Å². The lowest BCUT2D eigenvalue weighted by Crippen LogP contribution is -2.53. The zero-order valence-corrected chi connectivity index (χ0v) is 11.7. The van der Waals surface area contributed by atoms with Gasteiger partial charge in [-0.3, -0.25) is 0 Å². The van der Waals surface area contributed by atoms with Crippen LogP contribution in [0.2, 0.25) is 0 Å². The van der Waals surface area contributed by atoms with Crippen molar-refractivity contribution in [1.82, 2.24) is 10.6 Å². The van der Waals surface area contributed by atoms with Gasteiger partial charge in [-0.05, 0) is 45.0 Å². The first-order valence-corrected chi connectivity index (χ1v) is 6.76. The number of nitrogens with one attached hydrogen (secondary N) is 3. The van der Waals surface area contributed by atoms with E-state index in [1.54, 1.807) is 0 Å². The van der Waals surface area contributed by atoms with E-state index < -0.39 is 23.3 Å². The fourth-order valence-corrected chi connectivity index (χ4v) is 2.37. The van der Waals surface area contributed by atoms with Gasteiger partial charge in [-0.15, -0.1) is 0 Å². The summed E-state index contributed by atoms with van der Waals surface area (Å²) in [5.74, 6) is 0. The normalized spacial score (nSPS) is 18.1. The van der Waals surface area contributed by atoms with E-state index in [0.29, 0.717) is 0 Å². The molecule has 0 saturated carbocycles. The van der Waals surface area contributed by atoms with Gasteiger partial charge in [-0.2, -0.15) is 13.2 Å². The number of amides is 2. The molecule has 0 spiro atoms. The first-order valence-electron chi connectivity index (χ1n) is 6.76.